The van der Waals surface area contributed by atoms with E-state index in [4.69, 9.17) is 9.47 Å². The Morgan fingerprint density at radius 3 is 2.06 bits per heavy atom. The fourth-order valence-corrected chi connectivity index (χ4v) is 5.01. The van der Waals surface area contributed by atoms with Crippen molar-refractivity contribution < 1.29 is 27.0 Å². The maximum atomic E-state index is 15.2. The van der Waals surface area contributed by atoms with Crippen molar-refractivity contribution in [1.29, 1.82) is 0 Å². The molecule has 35 heavy (non-hydrogen) atoms. The van der Waals surface area contributed by atoms with E-state index in [-0.39, 0.29) is 28.9 Å². The van der Waals surface area contributed by atoms with E-state index in [1.807, 2.05) is 13.0 Å². The van der Waals surface area contributed by atoms with Gasteiger partial charge in [-0.2, -0.15) is 0 Å². The Kier molecular flexibility index (Phi) is 8.32. The van der Waals surface area contributed by atoms with E-state index >= 15 is 8.78 Å². The fraction of sp³-hybridized carbons (Fsp3) is 0.448. The molecule has 3 aliphatic rings. The van der Waals surface area contributed by atoms with Gasteiger partial charge in [-0.15, -0.1) is 0 Å². The number of allylic oxidation sites excluding steroid dienone is 9. The fourth-order valence-electron chi connectivity index (χ4n) is 5.01. The molecule has 1 heterocycles. The van der Waals surface area contributed by atoms with E-state index in [0.717, 1.165) is 25.7 Å². The minimum Gasteiger partial charge on any atom is -0.498 e. The summed E-state index contributed by atoms with van der Waals surface area (Å²) in [5.74, 6) is -0.186. The number of rotatable bonds is 7. The van der Waals surface area contributed by atoms with Crippen molar-refractivity contribution in [2.45, 2.75) is 63.4 Å². The molecule has 0 aromatic heterocycles. The highest BCUT2D eigenvalue weighted by Crippen LogP contribution is 2.39. The summed E-state index contributed by atoms with van der Waals surface area (Å²) in [6, 6.07) is 6.45. The molecule has 2 nitrogen and oxygen atoms in total. The van der Waals surface area contributed by atoms with Crippen molar-refractivity contribution in [3.8, 4) is 0 Å². The molecule has 0 radical (unpaired) electrons. The van der Waals surface area contributed by atoms with Crippen LogP contribution in [0.5, 0.6) is 0 Å². The number of hydrogen-bond acceptors (Lipinski definition) is 2. The lowest BCUT2D eigenvalue weighted by Gasteiger charge is -2.34. The van der Waals surface area contributed by atoms with Gasteiger partial charge in [-0.05, 0) is 66.5 Å². The molecule has 0 bridgehead atoms. The highest BCUT2D eigenvalue weighted by molar-refractivity contribution is 5.77. The third kappa shape index (κ3) is 5.48. The molecule has 1 aliphatic heterocycles. The molecule has 4 rings (SSSR count). The van der Waals surface area contributed by atoms with E-state index in [9.17, 15) is 8.78 Å². The number of benzene rings is 1. The second kappa shape index (κ2) is 11.4. The first-order valence-electron chi connectivity index (χ1n) is 12.2. The Hall–Kier alpha value is -2.60. The maximum Gasteiger partial charge on any atom is 0.192 e. The van der Waals surface area contributed by atoms with Gasteiger partial charge in [0, 0.05) is 5.92 Å². The molecule has 1 aromatic carbocycles. The van der Waals surface area contributed by atoms with Crippen LogP contribution >= 0.6 is 0 Å². The van der Waals surface area contributed by atoms with Gasteiger partial charge in [0.15, 0.2) is 24.7 Å². The Balaban J connectivity index is 1.45. The van der Waals surface area contributed by atoms with Gasteiger partial charge < -0.3 is 9.47 Å². The van der Waals surface area contributed by atoms with Crippen LogP contribution in [0.2, 0.25) is 0 Å². The van der Waals surface area contributed by atoms with Gasteiger partial charge in [-0.1, -0.05) is 54.6 Å². The summed E-state index contributed by atoms with van der Waals surface area (Å²) in [6.07, 6.45) is 6.77. The normalized spacial score (nSPS) is 31.5. The molecule has 0 saturated carbocycles. The second-order valence-electron chi connectivity index (χ2n) is 9.24. The van der Waals surface area contributed by atoms with Crippen molar-refractivity contribution in [3.63, 3.8) is 0 Å². The first-order chi connectivity index (χ1) is 16.9. The largest absolute Gasteiger partial charge is 0.498 e. The summed E-state index contributed by atoms with van der Waals surface area (Å²) in [5, 5.41) is 0. The standard InChI is InChI=1S/C29H32F4O2/c1-3-4-5-6-21-12-11-20(17-35-21)24-14-13-22(26(30)27(24)31)18-7-9-19(10-8-18)23-15-16-25(34-2)29(33)28(23)32/h3-4,7-10,13-16,20-21,26-29H,5-6,11-12,17H2,1-2H3/b4-3+. The molecule has 1 fully saturated rings. The number of alkyl halides is 4. The molecular formula is C29H32F4O2. The molecule has 0 amide bonds. The summed E-state index contributed by atoms with van der Waals surface area (Å²) in [7, 11) is 1.30. The lowest BCUT2D eigenvalue weighted by molar-refractivity contribution is -0.0140. The van der Waals surface area contributed by atoms with E-state index in [2.05, 4.69) is 6.08 Å². The lowest BCUT2D eigenvalue weighted by atomic mass is 9.81. The Morgan fingerprint density at radius 2 is 1.49 bits per heavy atom. The SMILES string of the molecule is C/C=C/CCC1CCC(C2=CC=C(c3ccc(C4=CC=C(OC)C(F)C4F)cc3)C(F)C2F)CO1. The first-order valence-corrected chi connectivity index (χ1v) is 12.2. The minimum absolute atomic E-state index is 0.0605. The number of halogens is 4. The van der Waals surface area contributed by atoms with Crippen molar-refractivity contribution in [1.82, 2.24) is 0 Å². The zero-order valence-corrected chi connectivity index (χ0v) is 20.1. The van der Waals surface area contributed by atoms with Crippen LogP contribution in [0.1, 0.15) is 43.7 Å². The summed E-state index contributed by atoms with van der Waals surface area (Å²) in [5.41, 5.74) is 1.88. The minimum atomic E-state index is -1.88. The second-order valence-corrected chi connectivity index (χ2v) is 9.24. The molecular weight excluding hydrogens is 456 g/mol. The van der Waals surface area contributed by atoms with E-state index in [1.165, 1.54) is 19.3 Å². The highest BCUT2D eigenvalue weighted by Gasteiger charge is 2.37. The summed E-state index contributed by atoms with van der Waals surface area (Å²) in [6.45, 7) is 2.40. The van der Waals surface area contributed by atoms with Gasteiger partial charge in [0.2, 0.25) is 0 Å². The average Bonchev–Trinajstić information content (AvgIpc) is 2.88. The predicted molar refractivity (Wildman–Crippen MR) is 132 cm³/mol. The zero-order chi connectivity index (χ0) is 24.9. The maximum absolute atomic E-state index is 15.2. The predicted octanol–water partition coefficient (Wildman–Crippen LogP) is 7.44. The van der Waals surface area contributed by atoms with Gasteiger partial charge in [-0.25, -0.2) is 17.6 Å². The van der Waals surface area contributed by atoms with Crippen LogP contribution in [0.15, 0.2) is 72.1 Å². The average molecular weight is 489 g/mol. The third-order valence-corrected chi connectivity index (χ3v) is 7.10. The van der Waals surface area contributed by atoms with Crippen LogP contribution in [0, 0.1) is 5.92 Å². The van der Waals surface area contributed by atoms with Crippen molar-refractivity contribution in [3.05, 3.63) is 83.2 Å². The Labute approximate surface area is 204 Å². The number of methoxy groups -OCH3 is 1. The monoisotopic (exact) mass is 488 g/mol. The molecule has 1 saturated heterocycles. The lowest BCUT2D eigenvalue weighted by Crippen LogP contribution is -2.33. The molecule has 6 heteroatoms. The van der Waals surface area contributed by atoms with Crippen molar-refractivity contribution >= 4 is 11.1 Å². The molecule has 6 unspecified atom stereocenters. The van der Waals surface area contributed by atoms with Crippen molar-refractivity contribution in [2.24, 2.45) is 5.92 Å². The molecule has 0 N–H and O–H groups in total. The Morgan fingerprint density at radius 1 is 0.857 bits per heavy atom. The molecule has 188 valence electrons. The number of ether oxygens (including phenoxy) is 2. The first kappa shape index (κ1) is 25.5. The van der Waals surface area contributed by atoms with E-state index in [0.29, 0.717) is 23.3 Å². The van der Waals surface area contributed by atoms with Crippen LogP contribution in [-0.2, 0) is 9.47 Å². The molecule has 0 spiro atoms. The van der Waals surface area contributed by atoms with Crippen LogP contribution < -0.4 is 0 Å². The highest BCUT2D eigenvalue weighted by atomic mass is 19.2. The van der Waals surface area contributed by atoms with Crippen LogP contribution in [0.25, 0.3) is 11.1 Å². The van der Waals surface area contributed by atoms with Gasteiger partial charge >= 0.3 is 0 Å². The summed E-state index contributed by atoms with van der Waals surface area (Å²) in [4.78, 5) is 0. The zero-order valence-electron chi connectivity index (χ0n) is 20.1. The van der Waals surface area contributed by atoms with Gasteiger partial charge in [0.25, 0.3) is 0 Å². The van der Waals surface area contributed by atoms with Gasteiger partial charge in [0.05, 0.1) is 19.8 Å². The number of hydrogen-bond donors (Lipinski definition) is 0. The summed E-state index contributed by atoms with van der Waals surface area (Å²) >= 11 is 0. The van der Waals surface area contributed by atoms with Crippen molar-refractivity contribution in [2.75, 3.05) is 13.7 Å². The van der Waals surface area contributed by atoms with E-state index < -0.39 is 24.7 Å². The topological polar surface area (TPSA) is 18.5 Å². The smallest absolute Gasteiger partial charge is 0.192 e. The third-order valence-electron chi connectivity index (χ3n) is 7.10. The Bertz CT molecular complexity index is 1030. The van der Waals surface area contributed by atoms with Gasteiger partial charge in [-0.3, -0.25) is 0 Å². The molecule has 6 atom stereocenters. The quantitative estimate of drug-likeness (QED) is 0.293. The van der Waals surface area contributed by atoms with Crippen LogP contribution in [-0.4, -0.2) is 44.5 Å². The molecule has 2 aliphatic carbocycles. The van der Waals surface area contributed by atoms with Crippen LogP contribution in [0.4, 0.5) is 17.6 Å². The molecule has 1 aromatic rings. The van der Waals surface area contributed by atoms with Gasteiger partial charge in [0.1, 0.15) is 5.76 Å². The van der Waals surface area contributed by atoms with E-state index in [1.54, 1.807) is 36.4 Å². The van der Waals surface area contributed by atoms with Crippen LogP contribution in [0.3, 0.4) is 0 Å². The summed E-state index contributed by atoms with van der Waals surface area (Å²) < 4.78 is 69.9.